The highest BCUT2D eigenvalue weighted by Crippen LogP contribution is 2.34. The molecule has 0 spiro atoms. The Bertz CT molecular complexity index is 462. The minimum atomic E-state index is 0.488. The quantitative estimate of drug-likeness (QED) is 0.880. The second kappa shape index (κ2) is 4.80. The van der Waals surface area contributed by atoms with E-state index in [1.807, 2.05) is 0 Å². The molecular weight excluding hydrogens is 236 g/mol. The van der Waals surface area contributed by atoms with Crippen molar-refractivity contribution in [1.82, 2.24) is 10.2 Å². The lowest BCUT2D eigenvalue weighted by Crippen LogP contribution is -2.46. The van der Waals surface area contributed by atoms with E-state index in [4.69, 9.17) is 4.74 Å². The Morgan fingerprint density at radius 2 is 2.00 bits per heavy atom. The van der Waals surface area contributed by atoms with E-state index in [0.717, 1.165) is 24.7 Å². The van der Waals surface area contributed by atoms with Crippen molar-refractivity contribution < 1.29 is 4.74 Å². The summed E-state index contributed by atoms with van der Waals surface area (Å²) in [7, 11) is 0. The van der Waals surface area contributed by atoms with Crippen LogP contribution in [0, 0.1) is 5.92 Å². The molecule has 2 bridgehead atoms. The van der Waals surface area contributed by atoms with E-state index in [9.17, 15) is 0 Å². The number of hydrogen-bond acceptors (Lipinski definition) is 3. The Hall–Kier alpha value is -1.06. The number of piperidine rings is 1. The fourth-order valence-electron chi connectivity index (χ4n) is 3.94. The molecule has 2 fully saturated rings. The largest absolute Gasteiger partial charge is 0.493 e. The number of para-hydroxylation sites is 1. The van der Waals surface area contributed by atoms with E-state index in [2.05, 4.69) is 34.5 Å². The maximum Gasteiger partial charge on any atom is 0.124 e. The first-order valence-electron chi connectivity index (χ1n) is 7.60. The maximum absolute atomic E-state index is 5.76. The Balaban J connectivity index is 1.51. The molecule has 4 atom stereocenters. The Morgan fingerprint density at radius 3 is 3.00 bits per heavy atom. The van der Waals surface area contributed by atoms with Crippen molar-refractivity contribution >= 4 is 0 Å². The zero-order valence-electron chi connectivity index (χ0n) is 11.3. The molecule has 1 aromatic rings. The standard InChI is InChI=1S/C16H22N2O/c1-2-4-16-13(3-1)15(7-10-19-16)17-14-6-9-18-8-5-12(14)11-18/h1-4,12,14-15,17H,5-11H2. The van der Waals surface area contributed by atoms with Crippen molar-refractivity contribution in [2.45, 2.75) is 31.3 Å². The van der Waals surface area contributed by atoms with Crippen LogP contribution in [0.25, 0.3) is 0 Å². The van der Waals surface area contributed by atoms with Gasteiger partial charge in [0.2, 0.25) is 0 Å². The van der Waals surface area contributed by atoms with Crippen molar-refractivity contribution in [1.29, 1.82) is 0 Å². The average Bonchev–Trinajstić information content (AvgIpc) is 2.85. The maximum atomic E-state index is 5.76. The van der Waals surface area contributed by atoms with Gasteiger partial charge in [-0.25, -0.2) is 0 Å². The Kier molecular flexibility index (Phi) is 2.97. The molecule has 3 heteroatoms. The van der Waals surface area contributed by atoms with Gasteiger partial charge in [-0.3, -0.25) is 0 Å². The molecule has 3 aliphatic heterocycles. The van der Waals surface area contributed by atoms with Gasteiger partial charge in [-0.15, -0.1) is 0 Å². The molecule has 0 saturated carbocycles. The number of benzene rings is 1. The molecular formula is C16H22N2O. The summed E-state index contributed by atoms with van der Waals surface area (Å²) in [5, 5.41) is 3.94. The lowest BCUT2D eigenvalue weighted by molar-refractivity contribution is 0.187. The number of rotatable bonds is 2. The van der Waals surface area contributed by atoms with E-state index >= 15 is 0 Å². The minimum Gasteiger partial charge on any atom is -0.493 e. The average molecular weight is 258 g/mol. The van der Waals surface area contributed by atoms with Crippen molar-refractivity contribution in [3.8, 4) is 5.75 Å². The van der Waals surface area contributed by atoms with Crippen LogP contribution in [0.15, 0.2) is 24.3 Å². The minimum absolute atomic E-state index is 0.488. The molecule has 3 heterocycles. The van der Waals surface area contributed by atoms with Gasteiger partial charge in [0.05, 0.1) is 6.61 Å². The fourth-order valence-corrected chi connectivity index (χ4v) is 3.94. The SMILES string of the molecule is c1ccc2c(c1)OCCC2NC1CCN2CCC1C2. The zero-order chi connectivity index (χ0) is 12.7. The van der Waals surface area contributed by atoms with E-state index in [1.165, 1.54) is 38.0 Å². The van der Waals surface area contributed by atoms with Crippen LogP contribution in [0.5, 0.6) is 5.75 Å². The number of nitrogens with zero attached hydrogens (tertiary/aromatic N) is 1. The summed E-state index contributed by atoms with van der Waals surface area (Å²) in [6, 6.07) is 9.70. The highest BCUT2D eigenvalue weighted by Gasteiger charge is 2.36. The monoisotopic (exact) mass is 258 g/mol. The molecule has 0 radical (unpaired) electrons. The van der Waals surface area contributed by atoms with Gasteiger partial charge < -0.3 is 15.0 Å². The fraction of sp³-hybridized carbons (Fsp3) is 0.625. The summed E-state index contributed by atoms with van der Waals surface area (Å²) < 4.78 is 5.76. The first kappa shape index (κ1) is 11.7. The molecule has 19 heavy (non-hydrogen) atoms. The number of fused-ring (bicyclic) bond motifs is 3. The number of hydrogen-bond donors (Lipinski definition) is 1. The first-order valence-corrected chi connectivity index (χ1v) is 7.60. The number of ether oxygens (including phenoxy) is 1. The van der Waals surface area contributed by atoms with Gasteiger partial charge >= 0.3 is 0 Å². The van der Waals surface area contributed by atoms with Gasteiger partial charge in [0.15, 0.2) is 0 Å². The molecule has 0 aromatic heterocycles. The van der Waals surface area contributed by atoms with E-state index in [0.29, 0.717) is 12.1 Å². The summed E-state index contributed by atoms with van der Waals surface area (Å²) in [4.78, 5) is 2.61. The lowest BCUT2D eigenvalue weighted by atomic mass is 9.91. The molecule has 4 rings (SSSR count). The zero-order valence-corrected chi connectivity index (χ0v) is 11.3. The van der Waals surface area contributed by atoms with Crippen LogP contribution < -0.4 is 10.1 Å². The molecule has 2 saturated heterocycles. The van der Waals surface area contributed by atoms with Crippen LogP contribution in [0.4, 0.5) is 0 Å². The second-order valence-corrected chi connectivity index (χ2v) is 6.14. The summed E-state index contributed by atoms with van der Waals surface area (Å²) in [5.41, 5.74) is 1.36. The third-order valence-electron chi connectivity index (χ3n) is 5.01. The normalized spacial score (nSPS) is 36.6. The molecule has 3 nitrogen and oxygen atoms in total. The van der Waals surface area contributed by atoms with Gasteiger partial charge in [0.1, 0.15) is 5.75 Å². The predicted octanol–water partition coefficient (Wildman–Crippen LogP) is 2.19. The van der Waals surface area contributed by atoms with E-state index in [1.54, 1.807) is 0 Å². The van der Waals surface area contributed by atoms with Crippen LogP contribution in [-0.2, 0) is 0 Å². The van der Waals surface area contributed by atoms with Crippen LogP contribution in [-0.4, -0.2) is 37.2 Å². The molecule has 0 amide bonds. The Labute approximate surface area is 114 Å². The van der Waals surface area contributed by atoms with Crippen molar-refractivity contribution in [2.75, 3.05) is 26.2 Å². The summed E-state index contributed by atoms with van der Waals surface area (Å²) in [6.07, 6.45) is 3.79. The van der Waals surface area contributed by atoms with E-state index < -0.39 is 0 Å². The molecule has 0 aliphatic carbocycles. The molecule has 4 unspecified atom stereocenters. The second-order valence-electron chi connectivity index (χ2n) is 6.14. The first-order chi connectivity index (χ1) is 9.40. The van der Waals surface area contributed by atoms with Crippen molar-refractivity contribution in [2.24, 2.45) is 5.92 Å². The summed E-state index contributed by atoms with van der Waals surface area (Å²) in [5.74, 6) is 1.94. The van der Waals surface area contributed by atoms with E-state index in [-0.39, 0.29) is 0 Å². The Morgan fingerprint density at radius 1 is 1.11 bits per heavy atom. The third kappa shape index (κ3) is 2.15. The van der Waals surface area contributed by atoms with Crippen molar-refractivity contribution in [3.05, 3.63) is 29.8 Å². The van der Waals surface area contributed by atoms with Gasteiger partial charge in [0.25, 0.3) is 0 Å². The predicted molar refractivity (Wildman–Crippen MR) is 75.4 cm³/mol. The van der Waals surface area contributed by atoms with Crippen LogP contribution in [0.1, 0.15) is 30.9 Å². The summed E-state index contributed by atoms with van der Waals surface area (Å²) in [6.45, 7) is 4.74. The lowest BCUT2D eigenvalue weighted by Gasteiger charge is -2.36. The van der Waals surface area contributed by atoms with Crippen molar-refractivity contribution in [3.63, 3.8) is 0 Å². The van der Waals surface area contributed by atoms with Gasteiger partial charge in [-0.1, -0.05) is 18.2 Å². The van der Waals surface area contributed by atoms with Crippen LogP contribution in [0.3, 0.4) is 0 Å². The highest BCUT2D eigenvalue weighted by atomic mass is 16.5. The van der Waals surface area contributed by atoms with Gasteiger partial charge in [-0.2, -0.15) is 0 Å². The van der Waals surface area contributed by atoms with Gasteiger partial charge in [-0.05, 0) is 37.9 Å². The van der Waals surface area contributed by atoms with Gasteiger partial charge in [0, 0.05) is 30.6 Å². The topological polar surface area (TPSA) is 24.5 Å². The highest BCUT2D eigenvalue weighted by molar-refractivity contribution is 5.37. The molecule has 3 aliphatic rings. The number of nitrogens with one attached hydrogen (secondary N) is 1. The molecule has 1 aromatic carbocycles. The molecule has 1 N–H and O–H groups in total. The summed E-state index contributed by atoms with van der Waals surface area (Å²) >= 11 is 0. The molecule has 102 valence electrons. The van der Waals surface area contributed by atoms with Crippen LogP contribution in [0.2, 0.25) is 0 Å². The smallest absolute Gasteiger partial charge is 0.124 e. The van der Waals surface area contributed by atoms with Crippen LogP contribution >= 0.6 is 0 Å². The third-order valence-corrected chi connectivity index (χ3v) is 5.01.